The van der Waals surface area contributed by atoms with Crippen LogP contribution in [-0.2, 0) is 0 Å². The van der Waals surface area contributed by atoms with E-state index < -0.39 is 5.97 Å². The van der Waals surface area contributed by atoms with Crippen LogP contribution in [0.3, 0.4) is 0 Å². The molecule has 1 N–H and O–H groups in total. The molecule has 0 aliphatic heterocycles. The van der Waals surface area contributed by atoms with Crippen molar-refractivity contribution in [3.8, 4) is 0 Å². The summed E-state index contributed by atoms with van der Waals surface area (Å²) in [6.45, 7) is 3.91. The highest BCUT2D eigenvalue weighted by Crippen LogP contribution is 2.30. The third-order valence-corrected chi connectivity index (χ3v) is 2.81. The first-order valence-corrected chi connectivity index (χ1v) is 6.02. The summed E-state index contributed by atoms with van der Waals surface area (Å²) < 4.78 is 0. The molecule has 0 spiro atoms. The molecule has 5 heteroatoms. The largest absolute Gasteiger partial charge is 0.477 e. The Labute approximate surface area is 100 Å². The highest BCUT2D eigenvalue weighted by Gasteiger charge is 2.25. The lowest BCUT2D eigenvalue weighted by atomic mass is 10.3. The second-order valence-electron chi connectivity index (χ2n) is 4.44. The van der Waals surface area contributed by atoms with Gasteiger partial charge in [-0.25, -0.2) is 14.8 Å². The van der Waals surface area contributed by atoms with E-state index in [-0.39, 0.29) is 5.69 Å². The lowest BCUT2D eigenvalue weighted by Gasteiger charge is -2.21. The molecule has 5 nitrogen and oxygen atoms in total. The smallest absolute Gasteiger partial charge is 0.354 e. The molecular formula is C12H17N3O2. The average Bonchev–Trinajstić information content (AvgIpc) is 3.12. The van der Waals surface area contributed by atoms with Gasteiger partial charge in [0.2, 0.25) is 5.95 Å². The molecule has 1 heterocycles. The number of hydrogen-bond acceptors (Lipinski definition) is 4. The van der Waals surface area contributed by atoms with Gasteiger partial charge in [-0.15, -0.1) is 0 Å². The summed E-state index contributed by atoms with van der Waals surface area (Å²) in [5, 5.41) is 8.91. The number of aromatic nitrogens is 2. The molecule has 1 aromatic heterocycles. The van der Waals surface area contributed by atoms with Crippen LogP contribution >= 0.6 is 0 Å². The fraction of sp³-hybridized carbons (Fsp3) is 0.583. The molecule has 92 valence electrons. The molecule has 1 aliphatic rings. The Kier molecular flexibility index (Phi) is 3.56. The van der Waals surface area contributed by atoms with E-state index in [9.17, 15) is 4.79 Å². The zero-order valence-electron chi connectivity index (χ0n) is 9.96. The van der Waals surface area contributed by atoms with E-state index >= 15 is 0 Å². The van der Waals surface area contributed by atoms with Crippen LogP contribution in [0.4, 0.5) is 5.95 Å². The number of aromatic carboxylic acids is 1. The second kappa shape index (κ2) is 5.12. The minimum Gasteiger partial charge on any atom is -0.477 e. The SMILES string of the molecule is CCCN(CC1CC1)c1nccc(C(=O)O)n1. The van der Waals surface area contributed by atoms with Crippen molar-refractivity contribution in [3.63, 3.8) is 0 Å². The van der Waals surface area contributed by atoms with Crippen LogP contribution in [0.5, 0.6) is 0 Å². The fourth-order valence-electron chi connectivity index (χ4n) is 1.77. The second-order valence-corrected chi connectivity index (χ2v) is 4.44. The van der Waals surface area contributed by atoms with Gasteiger partial charge in [0.05, 0.1) is 0 Å². The summed E-state index contributed by atoms with van der Waals surface area (Å²) >= 11 is 0. The van der Waals surface area contributed by atoms with Crippen LogP contribution in [0, 0.1) is 5.92 Å². The normalized spacial score (nSPS) is 14.6. The fourth-order valence-corrected chi connectivity index (χ4v) is 1.77. The third kappa shape index (κ3) is 3.15. The van der Waals surface area contributed by atoms with E-state index in [0.717, 1.165) is 25.4 Å². The molecular weight excluding hydrogens is 218 g/mol. The zero-order valence-corrected chi connectivity index (χ0v) is 9.96. The predicted octanol–water partition coefficient (Wildman–Crippen LogP) is 1.80. The molecule has 1 aliphatic carbocycles. The average molecular weight is 235 g/mol. The van der Waals surface area contributed by atoms with Crippen LogP contribution in [-0.4, -0.2) is 34.1 Å². The standard InChI is InChI=1S/C12H17N3O2/c1-2-7-15(8-9-3-4-9)12-13-6-5-10(14-12)11(16)17/h5-6,9H,2-4,7-8H2,1H3,(H,16,17). The number of rotatable bonds is 6. The van der Waals surface area contributed by atoms with Crippen LogP contribution in [0.25, 0.3) is 0 Å². The van der Waals surface area contributed by atoms with Crippen molar-refractivity contribution in [1.82, 2.24) is 9.97 Å². The molecule has 0 aromatic carbocycles. The van der Waals surface area contributed by atoms with Crippen molar-refractivity contribution in [1.29, 1.82) is 0 Å². The lowest BCUT2D eigenvalue weighted by Crippen LogP contribution is -2.28. The summed E-state index contributed by atoms with van der Waals surface area (Å²) in [5.41, 5.74) is 0.0619. The molecule has 0 unspecified atom stereocenters. The molecule has 0 radical (unpaired) electrons. The molecule has 0 amide bonds. The zero-order chi connectivity index (χ0) is 12.3. The van der Waals surface area contributed by atoms with Crippen LogP contribution in [0.1, 0.15) is 36.7 Å². The summed E-state index contributed by atoms with van der Waals surface area (Å²) in [7, 11) is 0. The van der Waals surface area contributed by atoms with Crippen LogP contribution < -0.4 is 4.90 Å². The molecule has 1 aromatic rings. The summed E-state index contributed by atoms with van der Waals surface area (Å²) in [4.78, 5) is 21.2. The minimum absolute atomic E-state index is 0.0619. The van der Waals surface area contributed by atoms with E-state index in [2.05, 4.69) is 21.8 Å². The highest BCUT2D eigenvalue weighted by molar-refractivity contribution is 5.85. The van der Waals surface area contributed by atoms with Gasteiger partial charge >= 0.3 is 5.97 Å². The Morgan fingerprint density at radius 2 is 2.35 bits per heavy atom. The van der Waals surface area contributed by atoms with E-state index in [1.807, 2.05) is 0 Å². The van der Waals surface area contributed by atoms with Gasteiger partial charge in [-0.3, -0.25) is 0 Å². The van der Waals surface area contributed by atoms with Gasteiger partial charge in [0, 0.05) is 19.3 Å². The molecule has 2 rings (SSSR count). The number of nitrogens with zero attached hydrogens (tertiary/aromatic N) is 3. The quantitative estimate of drug-likeness (QED) is 0.814. The van der Waals surface area contributed by atoms with Crippen molar-refractivity contribution in [2.45, 2.75) is 26.2 Å². The maximum absolute atomic E-state index is 10.9. The first-order chi connectivity index (χ1) is 8.20. The van der Waals surface area contributed by atoms with E-state index in [0.29, 0.717) is 5.95 Å². The monoisotopic (exact) mass is 235 g/mol. The topological polar surface area (TPSA) is 66.3 Å². The Balaban J connectivity index is 2.15. The van der Waals surface area contributed by atoms with Crippen molar-refractivity contribution < 1.29 is 9.90 Å². The van der Waals surface area contributed by atoms with Gasteiger partial charge in [0.1, 0.15) is 0 Å². The van der Waals surface area contributed by atoms with Crippen molar-refractivity contribution >= 4 is 11.9 Å². The van der Waals surface area contributed by atoms with E-state index in [1.54, 1.807) is 0 Å². The maximum Gasteiger partial charge on any atom is 0.354 e. The first-order valence-electron chi connectivity index (χ1n) is 6.02. The van der Waals surface area contributed by atoms with Crippen LogP contribution in [0.15, 0.2) is 12.3 Å². The highest BCUT2D eigenvalue weighted by atomic mass is 16.4. The molecule has 0 atom stereocenters. The van der Waals surface area contributed by atoms with Crippen LogP contribution in [0.2, 0.25) is 0 Å². The van der Waals surface area contributed by atoms with E-state index in [4.69, 9.17) is 5.11 Å². The van der Waals surface area contributed by atoms with Gasteiger partial charge in [-0.1, -0.05) is 6.92 Å². The Hall–Kier alpha value is -1.65. The Morgan fingerprint density at radius 3 is 2.94 bits per heavy atom. The molecule has 0 bridgehead atoms. The number of anilines is 1. The van der Waals surface area contributed by atoms with Crippen molar-refractivity contribution in [3.05, 3.63) is 18.0 Å². The van der Waals surface area contributed by atoms with Gasteiger partial charge in [-0.05, 0) is 31.2 Å². The summed E-state index contributed by atoms with van der Waals surface area (Å²) in [6.07, 6.45) is 5.05. The van der Waals surface area contributed by atoms with Crippen molar-refractivity contribution in [2.75, 3.05) is 18.0 Å². The van der Waals surface area contributed by atoms with Gasteiger partial charge in [0.25, 0.3) is 0 Å². The molecule has 17 heavy (non-hydrogen) atoms. The summed E-state index contributed by atoms with van der Waals surface area (Å²) in [6, 6.07) is 1.42. The summed E-state index contributed by atoms with van der Waals surface area (Å²) in [5.74, 6) is 0.272. The first kappa shape index (κ1) is 11.8. The predicted molar refractivity (Wildman–Crippen MR) is 64.2 cm³/mol. The van der Waals surface area contributed by atoms with E-state index in [1.165, 1.54) is 25.1 Å². The Morgan fingerprint density at radius 1 is 1.59 bits per heavy atom. The van der Waals surface area contributed by atoms with Gasteiger partial charge < -0.3 is 10.0 Å². The molecule has 1 saturated carbocycles. The minimum atomic E-state index is -1.00. The maximum atomic E-state index is 10.9. The number of carboxylic acids is 1. The van der Waals surface area contributed by atoms with Gasteiger partial charge in [-0.2, -0.15) is 0 Å². The number of carbonyl (C=O) groups is 1. The number of hydrogen-bond donors (Lipinski definition) is 1. The third-order valence-electron chi connectivity index (χ3n) is 2.81. The Bertz CT molecular complexity index is 404. The van der Waals surface area contributed by atoms with Gasteiger partial charge in [0.15, 0.2) is 5.69 Å². The lowest BCUT2D eigenvalue weighted by molar-refractivity contribution is 0.0690. The number of carboxylic acid groups (broad SMARTS) is 1. The van der Waals surface area contributed by atoms with Crippen molar-refractivity contribution in [2.24, 2.45) is 5.92 Å². The molecule has 0 saturated heterocycles. The molecule has 1 fully saturated rings.